The minimum atomic E-state index is -4.30. The van der Waals surface area contributed by atoms with Gasteiger partial charge < -0.3 is 5.11 Å². The molecule has 0 bridgehead atoms. The summed E-state index contributed by atoms with van der Waals surface area (Å²) in [6, 6.07) is 5.14. The highest BCUT2D eigenvalue weighted by atomic mass is 19.4. The highest BCUT2D eigenvalue weighted by molar-refractivity contribution is 5.26. The summed E-state index contributed by atoms with van der Waals surface area (Å²) in [6.07, 6.45) is -1.21. The molecule has 2 rings (SSSR count). The third-order valence-electron chi connectivity index (χ3n) is 4.53. The van der Waals surface area contributed by atoms with E-state index in [0.29, 0.717) is 12.3 Å². The molecule has 0 aromatic heterocycles. The topological polar surface area (TPSA) is 20.2 Å². The summed E-state index contributed by atoms with van der Waals surface area (Å²) in [5, 5.41) is 10.7. The van der Waals surface area contributed by atoms with Crippen LogP contribution in [-0.2, 0) is 12.6 Å². The van der Waals surface area contributed by atoms with E-state index >= 15 is 0 Å². The Labute approximate surface area is 117 Å². The van der Waals surface area contributed by atoms with Gasteiger partial charge in [0.2, 0.25) is 0 Å². The predicted molar refractivity (Wildman–Crippen MR) is 72.3 cm³/mol. The monoisotopic (exact) mass is 286 g/mol. The van der Waals surface area contributed by atoms with Crippen LogP contribution in [0.4, 0.5) is 13.2 Å². The van der Waals surface area contributed by atoms with Crippen LogP contribution in [0, 0.1) is 11.8 Å². The standard InChI is InChI=1S/C16H21F3O/c1-11-7-8-15(20,12(2)9-11)10-13-3-5-14(6-4-13)16(17,18)19/h3-6,11-12,20H,7-10H2,1-2H3. The van der Waals surface area contributed by atoms with Gasteiger partial charge in [0.15, 0.2) is 0 Å². The van der Waals surface area contributed by atoms with E-state index in [0.717, 1.165) is 37.0 Å². The van der Waals surface area contributed by atoms with Gasteiger partial charge in [-0.05, 0) is 48.8 Å². The Balaban J connectivity index is 2.10. The molecule has 1 nitrogen and oxygen atoms in total. The average molecular weight is 286 g/mol. The van der Waals surface area contributed by atoms with Gasteiger partial charge in [-0.2, -0.15) is 13.2 Å². The van der Waals surface area contributed by atoms with Crippen molar-refractivity contribution in [1.29, 1.82) is 0 Å². The van der Waals surface area contributed by atoms with Crippen molar-refractivity contribution in [2.45, 2.75) is 51.3 Å². The first-order chi connectivity index (χ1) is 9.21. The van der Waals surface area contributed by atoms with E-state index in [1.54, 1.807) is 0 Å². The number of benzene rings is 1. The molecule has 1 fully saturated rings. The van der Waals surface area contributed by atoms with Crippen molar-refractivity contribution in [3.05, 3.63) is 35.4 Å². The maximum absolute atomic E-state index is 12.5. The number of hydrogen-bond acceptors (Lipinski definition) is 1. The van der Waals surface area contributed by atoms with Crippen LogP contribution in [0.5, 0.6) is 0 Å². The zero-order valence-corrected chi connectivity index (χ0v) is 11.9. The summed E-state index contributed by atoms with van der Waals surface area (Å²) < 4.78 is 37.5. The van der Waals surface area contributed by atoms with E-state index in [1.807, 2.05) is 6.92 Å². The number of aliphatic hydroxyl groups is 1. The molecular weight excluding hydrogens is 265 g/mol. The molecule has 1 aromatic rings. The average Bonchev–Trinajstić information content (AvgIpc) is 2.34. The van der Waals surface area contributed by atoms with Gasteiger partial charge in [-0.3, -0.25) is 0 Å². The molecule has 0 amide bonds. The zero-order chi connectivity index (χ0) is 15.0. The summed E-state index contributed by atoms with van der Waals surface area (Å²) in [6.45, 7) is 4.20. The molecule has 3 unspecified atom stereocenters. The summed E-state index contributed by atoms with van der Waals surface area (Å²) in [5.74, 6) is 0.784. The molecule has 0 radical (unpaired) electrons. The Morgan fingerprint density at radius 3 is 2.30 bits per heavy atom. The SMILES string of the molecule is CC1CCC(O)(Cc2ccc(C(F)(F)F)cc2)C(C)C1. The molecule has 1 aromatic carbocycles. The second kappa shape index (κ2) is 5.40. The third-order valence-corrected chi connectivity index (χ3v) is 4.53. The minimum Gasteiger partial charge on any atom is -0.389 e. The van der Waals surface area contributed by atoms with Crippen LogP contribution >= 0.6 is 0 Å². The molecule has 112 valence electrons. The van der Waals surface area contributed by atoms with E-state index in [-0.39, 0.29) is 5.92 Å². The Morgan fingerprint density at radius 2 is 1.80 bits per heavy atom. The molecule has 1 aliphatic carbocycles. The summed E-state index contributed by atoms with van der Waals surface area (Å²) in [4.78, 5) is 0. The molecule has 1 aliphatic rings. The lowest BCUT2D eigenvalue weighted by molar-refractivity contribution is -0.137. The van der Waals surface area contributed by atoms with Crippen molar-refractivity contribution in [2.75, 3.05) is 0 Å². The van der Waals surface area contributed by atoms with Crippen molar-refractivity contribution in [1.82, 2.24) is 0 Å². The van der Waals surface area contributed by atoms with E-state index in [2.05, 4.69) is 6.92 Å². The number of halogens is 3. The summed E-state index contributed by atoms with van der Waals surface area (Å²) >= 11 is 0. The van der Waals surface area contributed by atoms with Crippen LogP contribution in [0.2, 0.25) is 0 Å². The summed E-state index contributed by atoms with van der Waals surface area (Å²) in [5.41, 5.74) is -0.660. The molecule has 20 heavy (non-hydrogen) atoms. The van der Waals surface area contributed by atoms with Crippen LogP contribution in [0.15, 0.2) is 24.3 Å². The fraction of sp³-hybridized carbons (Fsp3) is 0.625. The quantitative estimate of drug-likeness (QED) is 0.852. The van der Waals surface area contributed by atoms with E-state index in [4.69, 9.17) is 0 Å². The molecule has 3 atom stereocenters. The Morgan fingerprint density at radius 1 is 1.20 bits per heavy atom. The Bertz CT molecular complexity index is 452. The number of hydrogen-bond donors (Lipinski definition) is 1. The van der Waals surface area contributed by atoms with Crippen LogP contribution in [0.1, 0.15) is 44.2 Å². The van der Waals surface area contributed by atoms with Crippen LogP contribution in [0.3, 0.4) is 0 Å². The normalized spacial score (nSPS) is 31.3. The van der Waals surface area contributed by atoms with Gasteiger partial charge >= 0.3 is 6.18 Å². The van der Waals surface area contributed by atoms with Gasteiger partial charge in [0.25, 0.3) is 0 Å². The van der Waals surface area contributed by atoms with Crippen molar-refractivity contribution in [2.24, 2.45) is 11.8 Å². The van der Waals surface area contributed by atoms with Gasteiger partial charge in [0.1, 0.15) is 0 Å². The molecule has 1 N–H and O–H groups in total. The van der Waals surface area contributed by atoms with E-state index in [9.17, 15) is 18.3 Å². The van der Waals surface area contributed by atoms with Gasteiger partial charge in [-0.25, -0.2) is 0 Å². The minimum absolute atomic E-state index is 0.175. The van der Waals surface area contributed by atoms with Crippen LogP contribution in [-0.4, -0.2) is 10.7 Å². The third kappa shape index (κ3) is 3.35. The first-order valence-corrected chi connectivity index (χ1v) is 7.09. The Hall–Kier alpha value is -1.03. The number of alkyl halides is 3. The van der Waals surface area contributed by atoms with E-state index in [1.165, 1.54) is 12.1 Å². The molecule has 0 spiro atoms. The molecule has 1 saturated carbocycles. The zero-order valence-electron chi connectivity index (χ0n) is 11.9. The first-order valence-electron chi connectivity index (χ1n) is 7.09. The van der Waals surface area contributed by atoms with Gasteiger partial charge in [0.05, 0.1) is 11.2 Å². The highest BCUT2D eigenvalue weighted by Gasteiger charge is 2.38. The van der Waals surface area contributed by atoms with Crippen molar-refractivity contribution >= 4 is 0 Å². The largest absolute Gasteiger partial charge is 0.416 e. The highest BCUT2D eigenvalue weighted by Crippen LogP contribution is 2.39. The second-order valence-corrected chi connectivity index (χ2v) is 6.26. The van der Waals surface area contributed by atoms with Crippen molar-refractivity contribution < 1.29 is 18.3 Å². The maximum Gasteiger partial charge on any atom is 0.416 e. The molecule has 0 aliphatic heterocycles. The smallest absolute Gasteiger partial charge is 0.389 e. The fourth-order valence-electron chi connectivity index (χ4n) is 3.11. The lowest BCUT2D eigenvalue weighted by Crippen LogP contribution is -2.43. The maximum atomic E-state index is 12.5. The van der Waals surface area contributed by atoms with Gasteiger partial charge in [-0.15, -0.1) is 0 Å². The van der Waals surface area contributed by atoms with Gasteiger partial charge in [0, 0.05) is 6.42 Å². The molecular formula is C16H21F3O. The first kappa shape index (κ1) is 15.4. The Kier molecular flexibility index (Phi) is 4.14. The number of rotatable bonds is 2. The van der Waals surface area contributed by atoms with Crippen molar-refractivity contribution in [3.8, 4) is 0 Å². The van der Waals surface area contributed by atoms with Gasteiger partial charge in [-0.1, -0.05) is 26.0 Å². The molecule has 0 heterocycles. The second-order valence-electron chi connectivity index (χ2n) is 6.26. The van der Waals surface area contributed by atoms with Crippen molar-refractivity contribution in [3.63, 3.8) is 0 Å². The molecule has 4 heteroatoms. The van der Waals surface area contributed by atoms with Crippen LogP contribution < -0.4 is 0 Å². The lowest BCUT2D eigenvalue weighted by Gasteiger charge is -2.41. The summed E-state index contributed by atoms with van der Waals surface area (Å²) in [7, 11) is 0. The fourth-order valence-corrected chi connectivity index (χ4v) is 3.11. The predicted octanol–water partition coefficient (Wildman–Crippen LogP) is 4.44. The molecule has 0 saturated heterocycles. The van der Waals surface area contributed by atoms with Crippen LogP contribution in [0.25, 0.3) is 0 Å². The van der Waals surface area contributed by atoms with E-state index < -0.39 is 17.3 Å². The lowest BCUT2D eigenvalue weighted by atomic mass is 9.70.